The van der Waals surface area contributed by atoms with Crippen molar-refractivity contribution in [1.29, 1.82) is 0 Å². The molecule has 0 spiro atoms. The van der Waals surface area contributed by atoms with Crippen molar-refractivity contribution >= 4 is 5.91 Å². The van der Waals surface area contributed by atoms with Crippen LogP contribution < -0.4 is 20.5 Å². The quantitative estimate of drug-likeness (QED) is 0.595. The number of nitrogens with zero attached hydrogens (tertiary/aromatic N) is 1. The molecule has 0 aliphatic heterocycles. The average molecular weight is 454 g/mol. The Morgan fingerprint density at radius 1 is 1.15 bits per heavy atom. The summed E-state index contributed by atoms with van der Waals surface area (Å²) in [7, 11) is 1.59. The topological polar surface area (TPSA) is 86.5 Å². The molecule has 2 bridgehead atoms. The van der Waals surface area contributed by atoms with E-state index >= 15 is 0 Å². The van der Waals surface area contributed by atoms with Crippen LogP contribution in [0, 0.1) is 5.41 Å². The van der Waals surface area contributed by atoms with Gasteiger partial charge in [-0.05, 0) is 67.7 Å². The largest absolute Gasteiger partial charge is 0.489 e. The minimum absolute atomic E-state index is 0.119. The summed E-state index contributed by atoms with van der Waals surface area (Å²) in [4.78, 5) is 17.4. The molecular weight excluding hydrogens is 421 g/mol. The van der Waals surface area contributed by atoms with Crippen LogP contribution in [0.2, 0.25) is 0 Å². The highest BCUT2D eigenvalue weighted by Gasteiger charge is 2.52. The first-order chi connectivity index (χ1) is 16.0. The van der Waals surface area contributed by atoms with Crippen molar-refractivity contribution in [2.75, 3.05) is 20.3 Å². The van der Waals surface area contributed by atoms with Crippen LogP contribution in [0.5, 0.6) is 11.6 Å². The average Bonchev–Trinajstić information content (AvgIpc) is 2.89. The van der Waals surface area contributed by atoms with E-state index in [1.807, 2.05) is 24.3 Å². The van der Waals surface area contributed by atoms with E-state index in [-0.39, 0.29) is 29.9 Å². The van der Waals surface area contributed by atoms with Gasteiger partial charge in [0.1, 0.15) is 12.4 Å². The fourth-order valence-electron chi connectivity index (χ4n) is 5.28. The highest BCUT2D eigenvalue weighted by Crippen LogP contribution is 2.58. The molecule has 5 rings (SSSR count). The zero-order valence-corrected chi connectivity index (χ0v) is 19.1. The van der Waals surface area contributed by atoms with Gasteiger partial charge < -0.3 is 20.5 Å². The summed E-state index contributed by atoms with van der Waals surface area (Å²) in [5.74, 6) is 1.39. The van der Waals surface area contributed by atoms with E-state index < -0.39 is 0 Å². The number of amides is 1. The van der Waals surface area contributed by atoms with Crippen LogP contribution in [0.4, 0.5) is 4.39 Å². The van der Waals surface area contributed by atoms with E-state index in [1.165, 1.54) is 5.56 Å². The van der Waals surface area contributed by atoms with Crippen LogP contribution in [0.25, 0.3) is 0 Å². The summed E-state index contributed by atoms with van der Waals surface area (Å²) in [5.41, 5.74) is 7.92. The molecule has 2 aromatic rings. The molecule has 7 heteroatoms. The van der Waals surface area contributed by atoms with Gasteiger partial charge in [0.2, 0.25) is 11.8 Å². The van der Waals surface area contributed by atoms with Crippen LogP contribution in [-0.4, -0.2) is 31.2 Å². The highest BCUT2D eigenvalue weighted by molar-refractivity contribution is 5.83. The van der Waals surface area contributed by atoms with Gasteiger partial charge in [-0.25, -0.2) is 9.37 Å². The molecule has 0 saturated heterocycles. The highest BCUT2D eigenvalue weighted by atomic mass is 19.1. The molecule has 3 aliphatic rings. The van der Waals surface area contributed by atoms with Crippen molar-refractivity contribution in [3.05, 3.63) is 65.6 Å². The van der Waals surface area contributed by atoms with Gasteiger partial charge in [0.25, 0.3) is 0 Å². The number of carbonyl (C=O) groups excluding carboxylic acids is 1. The number of rotatable bonds is 9. The number of nitrogens with one attached hydrogen (secondary N) is 1. The Morgan fingerprint density at radius 2 is 1.85 bits per heavy atom. The Hall–Kier alpha value is -2.93. The number of ether oxygens (including phenoxy) is 2. The lowest BCUT2D eigenvalue weighted by atomic mass is 9.51. The summed E-state index contributed by atoms with van der Waals surface area (Å²) >= 11 is 0. The molecule has 0 unspecified atom stereocenters. The zero-order valence-electron chi connectivity index (χ0n) is 19.1. The van der Waals surface area contributed by atoms with Gasteiger partial charge in [-0.1, -0.05) is 18.2 Å². The van der Waals surface area contributed by atoms with E-state index in [0.717, 1.165) is 44.1 Å². The lowest BCUT2D eigenvalue weighted by Gasteiger charge is -2.52. The number of hydrogen-bond acceptors (Lipinski definition) is 5. The zero-order chi connectivity index (χ0) is 23.3. The molecule has 0 atom stereocenters. The van der Waals surface area contributed by atoms with Gasteiger partial charge in [0.05, 0.1) is 13.4 Å². The SMILES string of the molecule is COc1ncccc1CNC(=O)C12CCC(c3ccc(OC/C(=C/F)CN)cc3)(CC1)CC2. The number of benzene rings is 1. The van der Waals surface area contributed by atoms with E-state index in [1.54, 1.807) is 13.3 Å². The number of hydrogen-bond donors (Lipinski definition) is 2. The number of halogens is 1. The van der Waals surface area contributed by atoms with Crippen molar-refractivity contribution < 1.29 is 18.7 Å². The fraction of sp³-hybridized carbons (Fsp3) is 0.462. The van der Waals surface area contributed by atoms with Crippen molar-refractivity contribution in [3.8, 4) is 11.6 Å². The van der Waals surface area contributed by atoms with Crippen LogP contribution in [0.15, 0.2) is 54.5 Å². The number of methoxy groups -OCH3 is 1. The maximum Gasteiger partial charge on any atom is 0.226 e. The standard InChI is InChI=1S/C26H32FN3O3/c1-32-23-20(3-2-14-29-23)17-30-24(31)26-11-8-25(9-12-26,10-13-26)21-4-6-22(7-5-21)33-18-19(15-27)16-28/h2-7,14-15H,8-13,16-18,28H2,1H3,(H,30,31)/b19-15+. The molecule has 176 valence electrons. The van der Waals surface area contributed by atoms with E-state index in [0.29, 0.717) is 30.1 Å². The predicted molar refractivity (Wildman–Crippen MR) is 125 cm³/mol. The maximum atomic E-state index is 13.2. The summed E-state index contributed by atoms with van der Waals surface area (Å²) in [6, 6.07) is 11.9. The van der Waals surface area contributed by atoms with E-state index in [2.05, 4.69) is 22.4 Å². The first-order valence-electron chi connectivity index (χ1n) is 11.5. The molecule has 3 aliphatic carbocycles. The number of pyridine rings is 1. The molecule has 33 heavy (non-hydrogen) atoms. The molecule has 0 radical (unpaired) electrons. The second-order valence-corrected chi connectivity index (χ2v) is 9.20. The molecule has 6 nitrogen and oxygen atoms in total. The van der Waals surface area contributed by atoms with Gasteiger partial charge in [-0.2, -0.15) is 0 Å². The lowest BCUT2D eigenvalue weighted by molar-refractivity contribution is -0.138. The Balaban J connectivity index is 1.36. The number of aromatic nitrogens is 1. The fourth-order valence-corrected chi connectivity index (χ4v) is 5.28. The van der Waals surface area contributed by atoms with Gasteiger partial charge >= 0.3 is 0 Å². The van der Waals surface area contributed by atoms with E-state index in [9.17, 15) is 9.18 Å². The van der Waals surface area contributed by atoms with Crippen LogP contribution in [-0.2, 0) is 16.8 Å². The molecular formula is C26H32FN3O3. The van der Waals surface area contributed by atoms with Gasteiger partial charge in [-0.15, -0.1) is 0 Å². The first-order valence-corrected chi connectivity index (χ1v) is 11.5. The third kappa shape index (κ3) is 4.74. The monoisotopic (exact) mass is 453 g/mol. The summed E-state index contributed by atoms with van der Waals surface area (Å²) in [5, 5.41) is 3.14. The summed E-state index contributed by atoms with van der Waals surface area (Å²) < 4.78 is 23.6. The van der Waals surface area contributed by atoms with E-state index in [4.69, 9.17) is 15.2 Å². The normalized spacial score (nSPS) is 24.4. The van der Waals surface area contributed by atoms with Crippen LogP contribution >= 0.6 is 0 Å². The van der Waals surface area contributed by atoms with Crippen LogP contribution in [0.3, 0.4) is 0 Å². The lowest BCUT2D eigenvalue weighted by Crippen LogP contribution is -2.51. The molecule has 3 N–H and O–H groups in total. The Bertz CT molecular complexity index is 982. The number of carbonyl (C=O) groups is 1. The second kappa shape index (κ2) is 9.91. The molecule has 1 aromatic heterocycles. The number of nitrogens with two attached hydrogens (primary N) is 1. The Morgan fingerprint density at radius 3 is 2.45 bits per heavy atom. The maximum absolute atomic E-state index is 13.2. The third-order valence-electron chi connectivity index (χ3n) is 7.52. The number of fused-ring (bicyclic) bond motifs is 3. The third-order valence-corrected chi connectivity index (χ3v) is 7.52. The molecule has 1 amide bonds. The van der Waals surface area contributed by atoms with Crippen molar-refractivity contribution in [1.82, 2.24) is 10.3 Å². The van der Waals surface area contributed by atoms with Crippen molar-refractivity contribution in [2.45, 2.75) is 50.5 Å². The molecule has 1 aromatic carbocycles. The first kappa shape index (κ1) is 23.2. The Kier molecular flexibility index (Phi) is 6.98. The van der Waals surface area contributed by atoms with Crippen molar-refractivity contribution in [2.24, 2.45) is 11.1 Å². The minimum Gasteiger partial charge on any atom is -0.489 e. The van der Waals surface area contributed by atoms with Gasteiger partial charge in [0, 0.05) is 35.8 Å². The molecule has 3 saturated carbocycles. The van der Waals surface area contributed by atoms with Crippen LogP contribution in [0.1, 0.15) is 49.7 Å². The molecule has 3 fully saturated rings. The van der Waals surface area contributed by atoms with Crippen molar-refractivity contribution in [3.63, 3.8) is 0 Å². The second-order valence-electron chi connectivity index (χ2n) is 9.20. The summed E-state index contributed by atoms with van der Waals surface area (Å²) in [6.45, 7) is 0.719. The minimum atomic E-state index is -0.280. The summed E-state index contributed by atoms with van der Waals surface area (Å²) in [6.07, 6.45) is 7.86. The van der Waals surface area contributed by atoms with Gasteiger partial charge in [-0.3, -0.25) is 4.79 Å². The van der Waals surface area contributed by atoms with Gasteiger partial charge in [0.15, 0.2) is 0 Å². The predicted octanol–water partition coefficient (Wildman–Crippen LogP) is 4.19. The molecule has 1 heterocycles. The Labute approximate surface area is 194 Å². The smallest absolute Gasteiger partial charge is 0.226 e.